The van der Waals surface area contributed by atoms with Gasteiger partial charge in [-0.25, -0.2) is 0 Å². The van der Waals surface area contributed by atoms with E-state index in [4.69, 9.17) is 11.5 Å². The van der Waals surface area contributed by atoms with Crippen LogP contribution in [-0.4, -0.2) is 43.9 Å². The Labute approximate surface area is 125 Å². The maximum absolute atomic E-state index is 11.9. The molecule has 0 unspecified atom stereocenters. The highest BCUT2D eigenvalue weighted by atomic mass is 16.2. The van der Waals surface area contributed by atoms with Gasteiger partial charge in [-0.3, -0.25) is 9.59 Å². The number of carbonyl (C=O) groups excluding carboxylic acids is 2. The molecule has 1 rings (SSSR count). The maximum atomic E-state index is 11.9. The van der Waals surface area contributed by atoms with Crippen molar-refractivity contribution in [1.82, 2.24) is 4.90 Å². The molecule has 2 amide bonds. The van der Waals surface area contributed by atoms with Gasteiger partial charge in [-0.05, 0) is 24.1 Å². The van der Waals surface area contributed by atoms with E-state index < -0.39 is 5.91 Å². The number of benzene rings is 1. The smallest absolute Gasteiger partial charge is 0.253 e. The van der Waals surface area contributed by atoms with Crippen molar-refractivity contribution < 1.29 is 9.59 Å². The summed E-state index contributed by atoms with van der Waals surface area (Å²) in [6.07, 6.45) is 0. The number of anilines is 2. The molecule has 0 aliphatic heterocycles. The Balaban J connectivity index is 3.09. The highest BCUT2D eigenvalue weighted by molar-refractivity contribution is 5.96. The summed E-state index contributed by atoms with van der Waals surface area (Å²) in [4.78, 5) is 26.5. The molecule has 1 aromatic rings. The van der Waals surface area contributed by atoms with Crippen molar-refractivity contribution in [2.24, 2.45) is 11.7 Å². The zero-order valence-electron chi connectivity index (χ0n) is 13.1. The van der Waals surface area contributed by atoms with Gasteiger partial charge in [0.15, 0.2) is 0 Å². The van der Waals surface area contributed by atoms with Gasteiger partial charge in [-0.2, -0.15) is 0 Å². The predicted octanol–water partition coefficient (Wildman–Crippen LogP) is 0.918. The molecule has 0 atom stereocenters. The maximum Gasteiger partial charge on any atom is 0.253 e. The van der Waals surface area contributed by atoms with E-state index in [9.17, 15) is 9.59 Å². The number of hydrogen-bond acceptors (Lipinski definition) is 4. The minimum absolute atomic E-state index is 0.101. The first kappa shape index (κ1) is 16.8. The van der Waals surface area contributed by atoms with Gasteiger partial charge < -0.3 is 21.3 Å². The first-order chi connectivity index (χ1) is 9.72. The Bertz CT molecular complexity index is 526. The minimum atomic E-state index is -0.413. The van der Waals surface area contributed by atoms with Crippen LogP contribution in [0.1, 0.15) is 24.2 Å². The van der Waals surface area contributed by atoms with Gasteiger partial charge in [0.1, 0.15) is 0 Å². The van der Waals surface area contributed by atoms with Crippen molar-refractivity contribution in [2.45, 2.75) is 13.8 Å². The number of carbonyl (C=O) groups is 2. The van der Waals surface area contributed by atoms with Gasteiger partial charge in [-0.15, -0.1) is 0 Å². The molecule has 4 N–H and O–H groups in total. The normalized spacial score (nSPS) is 10.5. The van der Waals surface area contributed by atoms with E-state index in [2.05, 4.69) is 0 Å². The number of rotatable bonds is 6. The first-order valence-corrected chi connectivity index (χ1v) is 6.86. The average Bonchev–Trinajstić information content (AvgIpc) is 2.35. The van der Waals surface area contributed by atoms with Gasteiger partial charge in [0.25, 0.3) is 5.91 Å². The van der Waals surface area contributed by atoms with Crippen LogP contribution in [0, 0.1) is 5.92 Å². The van der Waals surface area contributed by atoms with Crippen molar-refractivity contribution in [3.8, 4) is 0 Å². The number of hydrogen-bond donors (Lipinski definition) is 2. The summed E-state index contributed by atoms with van der Waals surface area (Å²) < 4.78 is 0. The summed E-state index contributed by atoms with van der Waals surface area (Å²) in [6, 6.07) is 5.10. The lowest BCUT2D eigenvalue weighted by molar-refractivity contribution is -0.116. The monoisotopic (exact) mass is 292 g/mol. The molecule has 1 aromatic carbocycles. The summed E-state index contributed by atoms with van der Waals surface area (Å²) in [7, 11) is 3.37. The van der Waals surface area contributed by atoms with E-state index in [1.807, 2.05) is 18.7 Å². The largest absolute Gasteiger partial charge is 0.397 e. The second-order valence-electron chi connectivity index (χ2n) is 5.71. The number of primary amides is 1. The molecule has 116 valence electrons. The summed E-state index contributed by atoms with van der Waals surface area (Å²) in [6.45, 7) is 4.86. The van der Waals surface area contributed by atoms with Crippen molar-refractivity contribution in [1.29, 1.82) is 0 Å². The molecule has 0 aromatic heterocycles. The van der Waals surface area contributed by atoms with Crippen molar-refractivity contribution in [2.75, 3.05) is 37.8 Å². The lowest BCUT2D eigenvalue weighted by Crippen LogP contribution is -2.36. The van der Waals surface area contributed by atoms with Gasteiger partial charge in [0, 0.05) is 26.2 Å². The molecule has 6 nitrogen and oxygen atoms in total. The standard InChI is InChI=1S/C15H24N4O2/c1-10(2)8-19(9-14(17)20)13-6-5-11(7-12(13)16)15(21)18(3)4/h5-7,10H,8-9,16H2,1-4H3,(H2,17,20). The third-order valence-corrected chi connectivity index (χ3v) is 2.95. The Morgan fingerprint density at radius 2 is 1.86 bits per heavy atom. The zero-order chi connectivity index (χ0) is 16.2. The van der Waals surface area contributed by atoms with Gasteiger partial charge in [-0.1, -0.05) is 13.8 Å². The van der Waals surface area contributed by atoms with E-state index in [1.165, 1.54) is 4.90 Å². The van der Waals surface area contributed by atoms with E-state index >= 15 is 0 Å². The van der Waals surface area contributed by atoms with Crippen molar-refractivity contribution in [3.05, 3.63) is 23.8 Å². The van der Waals surface area contributed by atoms with Crippen LogP contribution in [0.15, 0.2) is 18.2 Å². The molecule has 6 heteroatoms. The molecular formula is C15H24N4O2. The molecule has 0 saturated heterocycles. The molecule has 0 saturated carbocycles. The first-order valence-electron chi connectivity index (χ1n) is 6.86. The van der Waals surface area contributed by atoms with Crippen LogP contribution in [0.4, 0.5) is 11.4 Å². The minimum Gasteiger partial charge on any atom is -0.397 e. The fraction of sp³-hybridized carbons (Fsp3) is 0.467. The topological polar surface area (TPSA) is 92.7 Å². The second-order valence-corrected chi connectivity index (χ2v) is 5.71. The highest BCUT2D eigenvalue weighted by Crippen LogP contribution is 2.25. The molecule has 0 fully saturated rings. The molecular weight excluding hydrogens is 268 g/mol. The summed E-state index contributed by atoms with van der Waals surface area (Å²) in [5.74, 6) is -0.172. The van der Waals surface area contributed by atoms with E-state index in [-0.39, 0.29) is 12.5 Å². The zero-order valence-corrected chi connectivity index (χ0v) is 13.1. The SMILES string of the molecule is CC(C)CN(CC(N)=O)c1ccc(C(=O)N(C)C)cc1N. The number of nitrogen functional groups attached to an aromatic ring is 1. The number of nitrogens with two attached hydrogens (primary N) is 2. The van der Waals surface area contributed by atoms with Crippen molar-refractivity contribution in [3.63, 3.8) is 0 Å². The molecule has 0 spiro atoms. The molecule has 0 aliphatic carbocycles. The lowest BCUT2D eigenvalue weighted by Gasteiger charge is -2.27. The third kappa shape index (κ3) is 4.66. The number of nitrogens with zero attached hydrogens (tertiary/aromatic N) is 2. The Morgan fingerprint density at radius 3 is 2.29 bits per heavy atom. The van der Waals surface area contributed by atoms with Crippen LogP contribution >= 0.6 is 0 Å². The Hall–Kier alpha value is -2.24. The van der Waals surface area contributed by atoms with E-state index in [0.717, 1.165) is 5.69 Å². The van der Waals surface area contributed by atoms with Gasteiger partial charge in [0.2, 0.25) is 5.91 Å². The van der Waals surface area contributed by atoms with Crippen LogP contribution in [-0.2, 0) is 4.79 Å². The van der Waals surface area contributed by atoms with Crippen LogP contribution in [0.5, 0.6) is 0 Å². The van der Waals surface area contributed by atoms with E-state index in [0.29, 0.717) is 23.7 Å². The third-order valence-electron chi connectivity index (χ3n) is 2.95. The lowest BCUT2D eigenvalue weighted by atomic mass is 10.1. The highest BCUT2D eigenvalue weighted by Gasteiger charge is 2.16. The van der Waals surface area contributed by atoms with Crippen LogP contribution in [0.2, 0.25) is 0 Å². The predicted molar refractivity (Wildman–Crippen MR) is 85.1 cm³/mol. The van der Waals surface area contributed by atoms with E-state index in [1.54, 1.807) is 32.3 Å². The second kappa shape index (κ2) is 6.97. The number of amides is 2. The average molecular weight is 292 g/mol. The Morgan fingerprint density at radius 1 is 1.24 bits per heavy atom. The fourth-order valence-electron chi connectivity index (χ4n) is 2.11. The van der Waals surface area contributed by atoms with Gasteiger partial charge in [0.05, 0.1) is 17.9 Å². The summed E-state index contributed by atoms with van der Waals surface area (Å²) >= 11 is 0. The molecule has 0 radical (unpaired) electrons. The molecule has 0 heterocycles. The fourth-order valence-corrected chi connectivity index (χ4v) is 2.11. The molecule has 0 aliphatic rings. The summed E-state index contributed by atoms with van der Waals surface area (Å²) in [5.41, 5.74) is 13.0. The Kier molecular flexibility index (Phi) is 5.58. The van der Waals surface area contributed by atoms with Gasteiger partial charge >= 0.3 is 0 Å². The molecule has 21 heavy (non-hydrogen) atoms. The van der Waals surface area contributed by atoms with Crippen molar-refractivity contribution >= 4 is 23.2 Å². The summed E-state index contributed by atoms with van der Waals surface area (Å²) in [5, 5.41) is 0. The van der Waals surface area contributed by atoms with Crippen LogP contribution in [0.3, 0.4) is 0 Å². The van der Waals surface area contributed by atoms with Crippen LogP contribution < -0.4 is 16.4 Å². The quantitative estimate of drug-likeness (QED) is 0.762. The molecule has 0 bridgehead atoms. The van der Waals surface area contributed by atoms with Crippen LogP contribution in [0.25, 0.3) is 0 Å².